The molecule has 1 heterocycles. The van der Waals surface area contributed by atoms with Gasteiger partial charge in [-0.3, -0.25) is 0 Å². The summed E-state index contributed by atoms with van der Waals surface area (Å²) >= 11 is 0. The fourth-order valence-electron chi connectivity index (χ4n) is 9.23. The molecule has 0 saturated heterocycles. The molecule has 2 heteroatoms. The Balaban J connectivity index is 1.27. The number of ether oxygens (including phenoxy) is 1. The van der Waals surface area contributed by atoms with Crippen molar-refractivity contribution < 1.29 is 4.74 Å². The number of para-hydroxylation sites is 2. The summed E-state index contributed by atoms with van der Waals surface area (Å²) in [5, 5.41) is 0. The predicted octanol–water partition coefficient (Wildman–Crippen LogP) is 14.4. The highest BCUT2D eigenvalue weighted by atomic mass is 16.5. The van der Waals surface area contributed by atoms with Crippen LogP contribution in [0.15, 0.2) is 188 Å². The second-order valence-corrected chi connectivity index (χ2v) is 15.1. The summed E-state index contributed by atoms with van der Waals surface area (Å²) in [5.41, 5.74) is 17.7. The van der Waals surface area contributed by atoms with Gasteiger partial charge in [0.15, 0.2) is 0 Å². The zero-order valence-corrected chi connectivity index (χ0v) is 31.3. The molecule has 0 atom stereocenters. The summed E-state index contributed by atoms with van der Waals surface area (Å²) in [4.78, 5) is 2.48. The normalized spacial score (nSPS) is 13.1. The Kier molecular flexibility index (Phi) is 7.81. The van der Waals surface area contributed by atoms with Crippen LogP contribution >= 0.6 is 0 Å². The lowest BCUT2D eigenvalue weighted by Gasteiger charge is -2.39. The van der Waals surface area contributed by atoms with Crippen LogP contribution in [0.3, 0.4) is 0 Å². The van der Waals surface area contributed by atoms with E-state index in [0.717, 1.165) is 28.6 Å². The van der Waals surface area contributed by atoms with Crippen LogP contribution in [-0.2, 0) is 5.41 Å². The van der Waals surface area contributed by atoms with Gasteiger partial charge in [0.05, 0.1) is 11.1 Å². The lowest BCUT2D eigenvalue weighted by atomic mass is 9.66. The molecule has 1 aliphatic carbocycles. The molecule has 55 heavy (non-hydrogen) atoms. The minimum atomic E-state index is -0.552. The molecule has 0 unspecified atom stereocenters. The van der Waals surface area contributed by atoms with Crippen molar-refractivity contribution in [3.63, 3.8) is 0 Å². The van der Waals surface area contributed by atoms with E-state index in [0.29, 0.717) is 5.92 Å². The molecular formula is C53H41NO. The molecule has 264 valence electrons. The Labute approximate surface area is 324 Å². The molecule has 0 bridgehead atoms. The predicted molar refractivity (Wildman–Crippen MR) is 228 cm³/mol. The van der Waals surface area contributed by atoms with E-state index in [1.165, 1.54) is 66.8 Å². The Hall–Kier alpha value is -6.64. The molecule has 2 aliphatic rings. The minimum Gasteiger partial charge on any atom is -0.457 e. The Morgan fingerprint density at radius 3 is 1.71 bits per heavy atom. The molecule has 0 N–H and O–H groups in total. The van der Waals surface area contributed by atoms with Gasteiger partial charge in [-0.2, -0.15) is 0 Å². The van der Waals surface area contributed by atoms with Crippen LogP contribution in [0.5, 0.6) is 11.5 Å². The summed E-state index contributed by atoms with van der Waals surface area (Å²) in [6.07, 6.45) is 0. The smallest absolute Gasteiger partial charge is 0.132 e. The van der Waals surface area contributed by atoms with Crippen molar-refractivity contribution in [1.29, 1.82) is 0 Å². The van der Waals surface area contributed by atoms with Crippen molar-refractivity contribution in [3.05, 3.63) is 221 Å². The van der Waals surface area contributed by atoms with E-state index in [9.17, 15) is 0 Å². The van der Waals surface area contributed by atoms with Crippen molar-refractivity contribution in [2.45, 2.75) is 32.1 Å². The van der Waals surface area contributed by atoms with Crippen LogP contribution in [0.4, 0.5) is 17.1 Å². The van der Waals surface area contributed by atoms with Crippen LogP contribution < -0.4 is 9.64 Å². The Morgan fingerprint density at radius 1 is 0.455 bits per heavy atom. The molecular weight excluding hydrogens is 667 g/mol. The van der Waals surface area contributed by atoms with Crippen molar-refractivity contribution in [2.24, 2.45) is 0 Å². The van der Waals surface area contributed by atoms with Crippen molar-refractivity contribution >= 4 is 17.1 Å². The van der Waals surface area contributed by atoms with Gasteiger partial charge in [-0.25, -0.2) is 0 Å². The third kappa shape index (κ3) is 5.09. The van der Waals surface area contributed by atoms with Gasteiger partial charge >= 0.3 is 0 Å². The first-order chi connectivity index (χ1) is 27.0. The molecule has 1 aliphatic heterocycles. The first-order valence-electron chi connectivity index (χ1n) is 19.3. The summed E-state index contributed by atoms with van der Waals surface area (Å²) in [7, 11) is 0. The molecule has 0 radical (unpaired) electrons. The number of benzene rings is 8. The van der Waals surface area contributed by atoms with E-state index in [-0.39, 0.29) is 0 Å². The van der Waals surface area contributed by atoms with Gasteiger partial charge in [0.25, 0.3) is 0 Å². The molecule has 0 saturated carbocycles. The van der Waals surface area contributed by atoms with E-state index < -0.39 is 5.41 Å². The lowest BCUT2D eigenvalue weighted by molar-refractivity contribution is 0.436. The van der Waals surface area contributed by atoms with Gasteiger partial charge in [-0.1, -0.05) is 159 Å². The highest BCUT2D eigenvalue weighted by Gasteiger charge is 2.51. The van der Waals surface area contributed by atoms with E-state index >= 15 is 0 Å². The zero-order valence-electron chi connectivity index (χ0n) is 31.3. The molecule has 0 aromatic heterocycles. The number of hydrogen-bond acceptors (Lipinski definition) is 2. The third-order valence-electron chi connectivity index (χ3n) is 11.7. The van der Waals surface area contributed by atoms with Crippen molar-refractivity contribution in [2.75, 3.05) is 4.90 Å². The monoisotopic (exact) mass is 707 g/mol. The topological polar surface area (TPSA) is 12.5 Å². The maximum absolute atomic E-state index is 6.64. The quantitative estimate of drug-likeness (QED) is 0.171. The van der Waals surface area contributed by atoms with Gasteiger partial charge in [0.2, 0.25) is 0 Å². The standard InChI is InChI=1S/C53H41NO/c1-35(2)41-33-32-40(34-44(41)42-19-8-7-16-36(42)3)54(39-30-28-38(29-31-39)37-17-5-4-6-18-37)49-25-15-24-48-52(49)43-20-9-10-21-45(43)53(48)46-22-11-13-26-50(46)55-51-27-14-12-23-47(51)53/h4-35H,1-3H3. The first kappa shape index (κ1) is 33.0. The lowest BCUT2D eigenvalue weighted by Crippen LogP contribution is -2.32. The van der Waals surface area contributed by atoms with Gasteiger partial charge in [-0.15, -0.1) is 0 Å². The van der Waals surface area contributed by atoms with E-state index in [1.807, 2.05) is 0 Å². The van der Waals surface area contributed by atoms with Crippen LogP contribution in [0.2, 0.25) is 0 Å². The highest BCUT2D eigenvalue weighted by molar-refractivity contribution is 5.98. The summed E-state index contributed by atoms with van der Waals surface area (Å²) < 4.78 is 6.64. The van der Waals surface area contributed by atoms with Crippen molar-refractivity contribution in [3.8, 4) is 44.9 Å². The van der Waals surface area contributed by atoms with Gasteiger partial charge < -0.3 is 9.64 Å². The number of hydrogen-bond donors (Lipinski definition) is 0. The van der Waals surface area contributed by atoms with Crippen LogP contribution in [-0.4, -0.2) is 0 Å². The number of rotatable bonds is 6. The SMILES string of the molecule is Cc1ccccc1-c1cc(N(c2ccc(-c3ccccc3)cc2)c2cccc3c2-c2ccccc2C32c3ccccc3Oc3ccccc32)ccc1C(C)C. The first-order valence-corrected chi connectivity index (χ1v) is 19.3. The number of anilines is 3. The van der Waals surface area contributed by atoms with Gasteiger partial charge in [-0.05, 0) is 105 Å². The summed E-state index contributed by atoms with van der Waals surface area (Å²) in [5.74, 6) is 2.16. The molecule has 0 amide bonds. The summed E-state index contributed by atoms with van der Waals surface area (Å²) in [6, 6.07) is 68.6. The molecule has 2 nitrogen and oxygen atoms in total. The Bertz CT molecular complexity index is 2680. The number of fused-ring (bicyclic) bond motifs is 9. The van der Waals surface area contributed by atoms with E-state index in [1.54, 1.807) is 0 Å². The molecule has 1 spiro atoms. The molecule has 10 rings (SSSR count). The van der Waals surface area contributed by atoms with Gasteiger partial charge in [0, 0.05) is 28.1 Å². The molecule has 8 aromatic carbocycles. The average Bonchev–Trinajstić information content (AvgIpc) is 3.53. The summed E-state index contributed by atoms with van der Waals surface area (Å²) in [6.45, 7) is 6.80. The minimum absolute atomic E-state index is 0.364. The van der Waals surface area contributed by atoms with Crippen molar-refractivity contribution in [1.82, 2.24) is 0 Å². The number of aryl methyl sites for hydroxylation is 1. The van der Waals surface area contributed by atoms with Crippen LogP contribution in [0.25, 0.3) is 33.4 Å². The largest absolute Gasteiger partial charge is 0.457 e. The zero-order chi connectivity index (χ0) is 37.1. The number of nitrogens with zero attached hydrogens (tertiary/aromatic N) is 1. The maximum atomic E-state index is 6.64. The third-order valence-corrected chi connectivity index (χ3v) is 11.7. The fraction of sp³-hybridized carbons (Fsp3) is 0.0943. The Morgan fingerprint density at radius 2 is 1.02 bits per heavy atom. The molecule has 0 fully saturated rings. The highest BCUT2D eigenvalue weighted by Crippen LogP contribution is 2.64. The second-order valence-electron chi connectivity index (χ2n) is 15.1. The molecule has 8 aromatic rings. The van der Waals surface area contributed by atoms with E-state index in [4.69, 9.17) is 4.74 Å². The fourth-order valence-corrected chi connectivity index (χ4v) is 9.23. The van der Waals surface area contributed by atoms with Gasteiger partial charge in [0.1, 0.15) is 11.5 Å². The van der Waals surface area contributed by atoms with E-state index in [2.05, 4.69) is 214 Å². The van der Waals surface area contributed by atoms with Crippen LogP contribution in [0, 0.1) is 6.92 Å². The van der Waals surface area contributed by atoms with Crippen LogP contribution in [0.1, 0.15) is 53.1 Å². The maximum Gasteiger partial charge on any atom is 0.132 e. The average molecular weight is 708 g/mol. The second kappa shape index (κ2) is 13.0.